The fourth-order valence-electron chi connectivity index (χ4n) is 6.09. The van der Waals surface area contributed by atoms with Crippen LogP contribution in [0.1, 0.15) is 22.6 Å². The Labute approximate surface area is 214 Å². The Morgan fingerprint density at radius 2 is 1.68 bits per heavy atom. The van der Waals surface area contributed by atoms with Crippen molar-refractivity contribution in [2.75, 3.05) is 28.3 Å². The number of benzene rings is 3. The highest BCUT2D eigenvalue weighted by Crippen LogP contribution is 2.70. The average Bonchev–Trinajstić information content (AvgIpc) is 3.33. The van der Waals surface area contributed by atoms with E-state index in [4.69, 9.17) is 14.2 Å². The molecule has 1 amide bonds. The van der Waals surface area contributed by atoms with Crippen LogP contribution in [0.5, 0.6) is 17.2 Å². The Morgan fingerprint density at radius 1 is 1.03 bits per heavy atom. The number of carbonyl (C=O) groups excluding carboxylic acids is 1. The Morgan fingerprint density at radius 3 is 2.27 bits per heavy atom. The van der Waals surface area contributed by atoms with Crippen molar-refractivity contribution in [3.05, 3.63) is 99.9 Å². The molecule has 0 spiro atoms. The van der Waals surface area contributed by atoms with Crippen LogP contribution in [-0.2, 0) is 15.9 Å². The van der Waals surface area contributed by atoms with Crippen LogP contribution < -0.4 is 14.2 Å². The van der Waals surface area contributed by atoms with Crippen LogP contribution in [0, 0.1) is 5.92 Å². The zero-order chi connectivity index (χ0) is 26.4. The summed E-state index contributed by atoms with van der Waals surface area (Å²) in [6, 6.07) is 21.8. The quantitative estimate of drug-likeness (QED) is 0.307. The summed E-state index contributed by atoms with van der Waals surface area (Å²) >= 11 is 0. The third-order valence-electron chi connectivity index (χ3n) is 7.61. The summed E-state index contributed by atoms with van der Waals surface area (Å²) in [4.78, 5) is 18.4. The van der Waals surface area contributed by atoms with Gasteiger partial charge in [0.25, 0.3) is 0 Å². The van der Waals surface area contributed by atoms with Gasteiger partial charge >= 0.3 is 0 Å². The van der Waals surface area contributed by atoms with Crippen molar-refractivity contribution in [3.63, 3.8) is 0 Å². The molecule has 5 atom stereocenters. The van der Waals surface area contributed by atoms with Gasteiger partial charge in [-0.1, -0.05) is 53.6 Å². The maximum Gasteiger partial charge on any atom is 0.228 e. The molecule has 0 bridgehead atoms. The second-order valence-corrected chi connectivity index (χ2v) is 9.48. The molecule has 5 unspecified atom stereocenters. The van der Waals surface area contributed by atoms with E-state index in [0.717, 1.165) is 5.56 Å². The van der Waals surface area contributed by atoms with E-state index in [-0.39, 0.29) is 5.91 Å². The molecule has 0 aromatic heterocycles. The second kappa shape index (κ2) is 9.03. The minimum Gasteiger partial charge on any atom is -0.497 e. The van der Waals surface area contributed by atoms with Crippen molar-refractivity contribution < 1.29 is 24.1 Å². The van der Waals surface area contributed by atoms with Gasteiger partial charge in [-0.2, -0.15) is 0 Å². The number of aliphatic hydroxyl groups excluding tert-OH is 1. The molecular formula is C28H28N4O5. The van der Waals surface area contributed by atoms with E-state index in [9.17, 15) is 15.4 Å². The number of hydrogen-bond acceptors (Lipinski definition) is 6. The molecule has 9 heteroatoms. The van der Waals surface area contributed by atoms with Gasteiger partial charge in [-0.15, -0.1) is 0 Å². The van der Waals surface area contributed by atoms with Gasteiger partial charge in [0.15, 0.2) is 5.60 Å². The van der Waals surface area contributed by atoms with Crippen molar-refractivity contribution in [1.29, 1.82) is 0 Å². The first-order chi connectivity index (χ1) is 17.8. The molecule has 1 aliphatic heterocycles. The smallest absolute Gasteiger partial charge is 0.228 e. The molecule has 5 rings (SSSR count). The van der Waals surface area contributed by atoms with E-state index < -0.39 is 29.1 Å². The lowest BCUT2D eigenvalue weighted by Gasteiger charge is -2.41. The lowest BCUT2D eigenvalue weighted by atomic mass is 9.69. The zero-order valence-electron chi connectivity index (χ0n) is 21.0. The summed E-state index contributed by atoms with van der Waals surface area (Å²) in [5, 5.41) is 16.5. The third kappa shape index (κ3) is 3.28. The number of hydrogen-bond donors (Lipinski definition) is 1. The van der Waals surface area contributed by atoms with Crippen molar-refractivity contribution in [3.8, 4) is 17.2 Å². The van der Waals surface area contributed by atoms with Crippen LogP contribution in [0.4, 0.5) is 0 Å². The minimum atomic E-state index is -1.66. The summed E-state index contributed by atoms with van der Waals surface area (Å²) in [5.74, 6) is -0.391. The molecule has 0 radical (unpaired) electrons. The van der Waals surface area contributed by atoms with Crippen molar-refractivity contribution in [1.82, 2.24) is 4.90 Å². The molecule has 3 aromatic carbocycles. The molecule has 1 saturated carbocycles. The van der Waals surface area contributed by atoms with Crippen LogP contribution in [-0.4, -0.2) is 50.3 Å². The molecular weight excluding hydrogens is 472 g/mol. The molecule has 1 aliphatic carbocycles. The lowest BCUT2D eigenvalue weighted by molar-refractivity contribution is -0.137. The molecule has 37 heavy (non-hydrogen) atoms. The summed E-state index contributed by atoms with van der Waals surface area (Å²) in [7, 11) is 6.41. The highest BCUT2D eigenvalue weighted by Gasteiger charge is 2.77. The molecule has 3 aromatic rings. The Hall–Kier alpha value is -4.20. The first-order valence-corrected chi connectivity index (χ1v) is 11.9. The first kappa shape index (κ1) is 24.5. The summed E-state index contributed by atoms with van der Waals surface area (Å²) in [6.07, 6.45) is -1.40. The number of azide groups is 1. The van der Waals surface area contributed by atoms with Gasteiger partial charge in [-0.25, -0.2) is 0 Å². The Kier molecular flexibility index (Phi) is 5.98. The second-order valence-electron chi connectivity index (χ2n) is 9.48. The van der Waals surface area contributed by atoms with Gasteiger partial charge < -0.3 is 24.2 Å². The van der Waals surface area contributed by atoms with E-state index >= 15 is 0 Å². The molecule has 190 valence electrons. The summed E-state index contributed by atoms with van der Waals surface area (Å²) in [5.41, 5.74) is 8.68. The molecule has 1 N–H and O–H groups in total. The third-order valence-corrected chi connectivity index (χ3v) is 7.61. The highest BCUT2D eigenvalue weighted by atomic mass is 16.5. The van der Waals surface area contributed by atoms with Crippen LogP contribution in [0.3, 0.4) is 0 Å². The molecule has 1 fully saturated rings. The number of amides is 1. The van der Waals surface area contributed by atoms with Crippen molar-refractivity contribution in [2.24, 2.45) is 11.0 Å². The predicted molar refractivity (Wildman–Crippen MR) is 136 cm³/mol. The number of aliphatic hydroxyl groups is 1. The number of ether oxygens (including phenoxy) is 3. The van der Waals surface area contributed by atoms with Crippen LogP contribution in [0.25, 0.3) is 10.4 Å². The standard InChI is InChI=1S/C28H28N4O5/c1-32(2)26(34)23-24(17-8-6-5-7-9-17)28(18-10-12-19(35-3)13-11-18)27(25(23)33,30-31-29)21-15-14-20(36-4)16-22(21)37-28/h5-16,23-25,33H,1-4H3. The van der Waals surface area contributed by atoms with Crippen LogP contribution >= 0.6 is 0 Å². The highest BCUT2D eigenvalue weighted by molar-refractivity contribution is 5.83. The van der Waals surface area contributed by atoms with E-state index in [2.05, 4.69) is 10.0 Å². The van der Waals surface area contributed by atoms with Gasteiger partial charge in [0.2, 0.25) is 5.91 Å². The normalized spacial score (nSPS) is 27.3. The van der Waals surface area contributed by atoms with Crippen LogP contribution in [0.15, 0.2) is 77.9 Å². The Balaban J connectivity index is 1.91. The maximum atomic E-state index is 13.7. The largest absolute Gasteiger partial charge is 0.497 e. The number of rotatable bonds is 6. The minimum absolute atomic E-state index is 0.296. The van der Waals surface area contributed by atoms with Gasteiger partial charge in [0, 0.05) is 36.6 Å². The van der Waals surface area contributed by atoms with Gasteiger partial charge in [0.05, 0.1) is 26.2 Å². The van der Waals surface area contributed by atoms with E-state index in [0.29, 0.717) is 28.4 Å². The number of methoxy groups -OCH3 is 2. The fourth-order valence-corrected chi connectivity index (χ4v) is 6.09. The maximum absolute atomic E-state index is 13.7. The van der Waals surface area contributed by atoms with Gasteiger partial charge in [-0.05, 0) is 34.9 Å². The van der Waals surface area contributed by atoms with Gasteiger partial charge in [-0.3, -0.25) is 4.79 Å². The zero-order valence-corrected chi connectivity index (χ0v) is 21.0. The first-order valence-electron chi connectivity index (χ1n) is 11.9. The predicted octanol–water partition coefficient (Wildman–Crippen LogP) is 4.36. The number of fused-ring (bicyclic) bond motifs is 3. The van der Waals surface area contributed by atoms with Crippen molar-refractivity contribution in [2.45, 2.75) is 23.2 Å². The lowest BCUT2D eigenvalue weighted by Crippen LogP contribution is -2.50. The number of carbonyl (C=O) groups is 1. The Bertz CT molecular complexity index is 1370. The monoisotopic (exact) mass is 500 g/mol. The summed E-state index contributed by atoms with van der Waals surface area (Å²) < 4.78 is 17.7. The summed E-state index contributed by atoms with van der Waals surface area (Å²) in [6.45, 7) is 0. The molecule has 0 saturated heterocycles. The topological polar surface area (TPSA) is 117 Å². The average molecular weight is 501 g/mol. The van der Waals surface area contributed by atoms with Crippen LogP contribution in [0.2, 0.25) is 0 Å². The number of nitrogens with zero attached hydrogens (tertiary/aromatic N) is 4. The van der Waals surface area contributed by atoms with Crippen molar-refractivity contribution >= 4 is 5.91 Å². The van der Waals surface area contributed by atoms with E-state index in [1.807, 2.05) is 42.5 Å². The molecule has 9 nitrogen and oxygen atoms in total. The fraction of sp³-hybridized carbons (Fsp3) is 0.321. The molecule has 1 heterocycles. The van der Waals surface area contributed by atoms with E-state index in [1.165, 1.54) is 4.90 Å². The van der Waals surface area contributed by atoms with E-state index in [1.54, 1.807) is 58.6 Å². The SMILES string of the molecule is COc1ccc(C23Oc4cc(OC)ccc4C2(N=[N+]=[N-])C(O)C(C(=O)N(C)C)C3c2ccccc2)cc1. The molecule has 2 aliphatic rings. The van der Waals surface area contributed by atoms with Gasteiger partial charge in [0.1, 0.15) is 22.8 Å².